The molecule has 0 aliphatic rings. The third-order valence-corrected chi connectivity index (χ3v) is 5.78. The summed E-state index contributed by atoms with van der Waals surface area (Å²) in [4.78, 5) is 31.0. The maximum atomic E-state index is 11.3. The Kier molecular flexibility index (Phi) is 5.90. The second-order valence-corrected chi connectivity index (χ2v) is 7.72. The van der Waals surface area contributed by atoms with Gasteiger partial charge in [-0.3, -0.25) is 10.1 Å². The van der Waals surface area contributed by atoms with E-state index in [1.54, 1.807) is 23.6 Å². The van der Waals surface area contributed by atoms with Crippen molar-refractivity contribution in [3.8, 4) is 11.3 Å². The van der Waals surface area contributed by atoms with E-state index in [1.807, 2.05) is 40.3 Å². The molecule has 0 saturated carbocycles. The fourth-order valence-electron chi connectivity index (χ4n) is 3.31. The van der Waals surface area contributed by atoms with Gasteiger partial charge >= 0.3 is 5.82 Å². The molecule has 0 unspecified atom stereocenters. The minimum Gasteiger partial charge on any atom is -0.358 e. The molecule has 0 atom stereocenters. The van der Waals surface area contributed by atoms with Gasteiger partial charge in [0.15, 0.2) is 10.6 Å². The average molecular weight is 450 g/mol. The van der Waals surface area contributed by atoms with Gasteiger partial charge in [0.2, 0.25) is 0 Å². The molecule has 0 aliphatic heterocycles. The van der Waals surface area contributed by atoms with Crippen LogP contribution in [0.4, 0.5) is 17.2 Å². The normalized spacial score (nSPS) is 11.6. The lowest BCUT2D eigenvalue weighted by Crippen LogP contribution is -2.20. The Morgan fingerprint density at radius 2 is 1.66 bits per heavy atom. The highest BCUT2D eigenvalue weighted by atomic mass is 32.1. The summed E-state index contributed by atoms with van der Waals surface area (Å²) in [6.07, 6.45) is 1.25. The molecule has 2 aromatic carbocycles. The zero-order valence-corrected chi connectivity index (χ0v) is 17.8. The van der Waals surface area contributed by atoms with Gasteiger partial charge in [-0.1, -0.05) is 18.2 Å². The van der Waals surface area contributed by atoms with Gasteiger partial charge in [0.05, 0.1) is 22.8 Å². The third-order valence-electron chi connectivity index (χ3n) is 4.92. The van der Waals surface area contributed by atoms with Crippen molar-refractivity contribution in [1.82, 2.24) is 14.1 Å². The van der Waals surface area contributed by atoms with Crippen LogP contribution in [0.3, 0.4) is 0 Å². The monoisotopic (exact) mass is 450 g/mol. The van der Waals surface area contributed by atoms with Crippen molar-refractivity contribution in [3.05, 3.63) is 97.0 Å². The van der Waals surface area contributed by atoms with E-state index in [0.29, 0.717) is 23.7 Å². The highest BCUT2D eigenvalue weighted by Crippen LogP contribution is 2.24. The van der Waals surface area contributed by atoms with E-state index in [1.165, 1.54) is 29.7 Å². The second kappa shape index (κ2) is 8.94. The van der Waals surface area contributed by atoms with E-state index in [0.717, 1.165) is 16.9 Å². The number of nitrogens with zero attached hydrogens (tertiary/aromatic N) is 6. The molecule has 10 nitrogen and oxygen atoms in total. The van der Waals surface area contributed by atoms with E-state index in [2.05, 4.69) is 4.98 Å². The van der Waals surface area contributed by atoms with Crippen LogP contribution in [0, 0.1) is 27.2 Å². The van der Waals surface area contributed by atoms with E-state index in [4.69, 9.17) is 4.99 Å². The van der Waals surface area contributed by atoms with Crippen molar-refractivity contribution < 1.29 is 9.85 Å². The molecule has 0 amide bonds. The quantitative estimate of drug-likeness (QED) is 0.304. The predicted octanol–water partition coefficient (Wildman–Crippen LogP) is 4.47. The molecule has 2 aromatic heterocycles. The van der Waals surface area contributed by atoms with Crippen molar-refractivity contribution in [2.45, 2.75) is 20.0 Å². The van der Waals surface area contributed by atoms with Gasteiger partial charge in [-0.2, -0.15) is 0 Å². The summed E-state index contributed by atoms with van der Waals surface area (Å²) < 4.78 is 3.51. The van der Waals surface area contributed by atoms with Crippen LogP contribution in [0.1, 0.15) is 5.82 Å². The van der Waals surface area contributed by atoms with Gasteiger partial charge in [0.1, 0.15) is 12.7 Å². The zero-order valence-electron chi connectivity index (χ0n) is 17.0. The lowest BCUT2D eigenvalue weighted by Gasteiger charge is -2.09. The highest BCUT2D eigenvalue weighted by molar-refractivity contribution is 7.07. The number of hydrogen-bond acceptors (Lipinski definition) is 7. The Morgan fingerprint density at radius 3 is 2.31 bits per heavy atom. The minimum atomic E-state index is -0.454. The molecule has 162 valence electrons. The first-order valence-electron chi connectivity index (χ1n) is 9.63. The number of imidazole rings is 1. The number of aromatic nitrogens is 3. The van der Waals surface area contributed by atoms with Crippen LogP contribution >= 0.6 is 11.3 Å². The first kappa shape index (κ1) is 21.1. The average Bonchev–Trinajstić information content (AvgIpc) is 3.36. The molecule has 0 aliphatic carbocycles. The molecule has 0 spiro atoms. The van der Waals surface area contributed by atoms with Crippen molar-refractivity contribution in [3.63, 3.8) is 0 Å². The molecule has 32 heavy (non-hydrogen) atoms. The van der Waals surface area contributed by atoms with Crippen LogP contribution < -0.4 is 4.80 Å². The van der Waals surface area contributed by atoms with Crippen LogP contribution in [0.25, 0.3) is 11.3 Å². The SMILES string of the molecule is Cc1ncc([N+](=O)[O-])n1CCn1c(-c2ccc([N+](=O)[O-])cc2)csc1=Nc1ccccc1. The minimum absolute atomic E-state index is 0.00870. The van der Waals surface area contributed by atoms with E-state index < -0.39 is 9.85 Å². The van der Waals surface area contributed by atoms with Gasteiger partial charge in [0, 0.05) is 24.4 Å². The molecule has 0 N–H and O–H groups in total. The Bertz CT molecular complexity index is 1340. The lowest BCUT2D eigenvalue weighted by atomic mass is 10.1. The van der Waals surface area contributed by atoms with Crippen LogP contribution in [-0.4, -0.2) is 24.0 Å². The number of rotatable bonds is 7. The predicted molar refractivity (Wildman–Crippen MR) is 120 cm³/mol. The summed E-state index contributed by atoms with van der Waals surface area (Å²) in [6.45, 7) is 2.44. The maximum absolute atomic E-state index is 11.3. The molecule has 11 heteroatoms. The Balaban J connectivity index is 1.77. The highest BCUT2D eigenvalue weighted by Gasteiger charge is 2.18. The lowest BCUT2D eigenvalue weighted by molar-refractivity contribution is -0.392. The molecule has 0 fully saturated rings. The summed E-state index contributed by atoms with van der Waals surface area (Å²) in [5.41, 5.74) is 2.40. The van der Waals surface area contributed by atoms with Crippen LogP contribution in [-0.2, 0) is 13.1 Å². The van der Waals surface area contributed by atoms with Gasteiger partial charge in [0.25, 0.3) is 5.69 Å². The van der Waals surface area contributed by atoms with Crippen molar-refractivity contribution in [1.29, 1.82) is 0 Å². The largest absolute Gasteiger partial charge is 0.358 e. The van der Waals surface area contributed by atoms with Gasteiger partial charge < -0.3 is 14.7 Å². The molecule has 0 saturated heterocycles. The second-order valence-electron chi connectivity index (χ2n) is 6.88. The van der Waals surface area contributed by atoms with E-state index in [9.17, 15) is 20.2 Å². The molecule has 2 heterocycles. The van der Waals surface area contributed by atoms with Crippen LogP contribution in [0.2, 0.25) is 0 Å². The summed E-state index contributed by atoms with van der Waals surface area (Å²) in [6, 6.07) is 15.8. The Labute approximate surface area is 186 Å². The van der Waals surface area contributed by atoms with Crippen molar-refractivity contribution in [2.75, 3.05) is 0 Å². The number of para-hydroxylation sites is 1. The Morgan fingerprint density at radius 1 is 0.969 bits per heavy atom. The molecule has 0 radical (unpaired) electrons. The number of nitro groups is 2. The number of nitro benzene ring substituents is 1. The summed E-state index contributed by atoms with van der Waals surface area (Å²) >= 11 is 1.43. The fourth-order valence-corrected chi connectivity index (χ4v) is 4.27. The van der Waals surface area contributed by atoms with Gasteiger partial charge in [-0.25, -0.2) is 14.5 Å². The number of thiazole rings is 1. The molecular weight excluding hydrogens is 432 g/mol. The van der Waals surface area contributed by atoms with Crippen LogP contribution in [0.5, 0.6) is 0 Å². The number of hydrogen-bond donors (Lipinski definition) is 0. The van der Waals surface area contributed by atoms with Gasteiger partial charge in [-0.05, 0) is 34.8 Å². The number of non-ortho nitro benzene ring substituents is 1. The molecular formula is C21H18N6O4S. The summed E-state index contributed by atoms with van der Waals surface area (Å²) in [5, 5.41) is 24.3. The number of aryl methyl sites for hydroxylation is 1. The molecule has 0 bridgehead atoms. The third kappa shape index (κ3) is 4.32. The smallest absolute Gasteiger partial charge is 0.342 e. The first-order valence-corrected chi connectivity index (χ1v) is 10.5. The summed E-state index contributed by atoms with van der Waals surface area (Å²) in [5.74, 6) is 0.475. The van der Waals surface area contributed by atoms with E-state index >= 15 is 0 Å². The summed E-state index contributed by atoms with van der Waals surface area (Å²) in [7, 11) is 0. The Hall–Kier alpha value is -4.12. The molecule has 4 rings (SSSR count). The number of benzene rings is 2. The van der Waals surface area contributed by atoms with Gasteiger partial charge in [-0.15, -0.1) is 11.3 Å². The van der Waals surface area contributed by atoms with Crippen LogP contribution in [0.15, 0.2) is 71.2 Å². The standard InChI is InChI=1S/C21H18N6O4S/c1-15-22-13-20(27(30)31)24(15)11-12-25-19(16-7-9-18(10-8-16)26(28)29)14-32-21(25)23-17-5-3-2-4-6-17/h2-10,13-14H,11-12H2,1H3. The van der Waals surface area contributed by atoms with Crippen molar-refractivity contribution >= 4 is 28.5 Å². The topological polar surface area (TPSA) is 121 Å². The first-order chi connectivity index (χ1) is 15.4. The van der Waals surface area contributed by atoms with E-state index in [-0.39, 0.29) is 11.5 Å². The fraction of sp³-hybridized carbons (Fsp3) is 0.143. The maximum Gasteiger partial charge on any atom is 0.342 e. The molecule has 4 aromatic rings. The van der Waals surface area contributed by atoms with Crippen molar-refractivity contribution in [2.24, 2.45) is 4.99 Å². The zero-order chi connectivity index (χ0) is 22.7.